The first kappa shape index (κ1) is 22.4. The quantitative estimate of drug-likeness (QED) is 0.527. The number of rotatable bonds is 7. The van der Waals surface area contributed by atoms with Crippen LogP contribution in [-0.4, -0.2) is 46.2 Å². The molecule has 0 aliphatic carbocycles. The fraction of sp³-hybridized carbons (Fsp3) is 0.263. The van der Waals surface area contributed by atoms with E-state index in [1.165, 1.54) is 35.2 Å². The smallest absolute Gasteiger partial charge is 0.416 e. The SMILES string of the molecule is CNS(=O)(=O)Nc1nccc(CN2C(=O)Oc3cc(Oc4ncnn4C)ccc3[C@@H]2C)c1F. The molecule has 0 saturated heterocycles. The zero-order chi connectivity index (χ0) is 23.8. The Labute approximate surface area is 188 Å². The lowest BCUT2D eigenvalue weighted by Crippen LogP contribution is -2.39. The molecule has 0 bridgehead atoms. The molecule has 4 rings (SSSR count). The molecule has 3 heterocycles. The van der Waals surface area contributed by atoms with E-state index in [-0.39, 0.29) is 18.1 Å². The zero-order valence-electron chi connectivity index (χ0n) is 17.8. The summed E-state index contributed by atoms with van der Waals surface area (Å²) in [7, 11) is -1.11. The first-order chi connectivity index (χ1) is 15.7. The van der Waals surface area contributed by atoms with Gasteiger partial charge in [-0.3, -0.25) is 9.62 Å². The van der Waals surface area contributed by atoms with E-state index in [9.17, 15) is 17.6 Å². The van der Waals surface area contributed by atoms with Gasteiger partial charge >= 0.3 is 12.1 Å². The number of hydrogen-bond acceptors (Lipinski definition) is 8. The van der Waals surface area contributed by atoms with Gasteiger partial charge < -0.3 is 9.47 Å². The molecule has 1 aliphatic rings. The molecular weight excluding hydrogens is 457 g/mol. The zero-order valence-corrected chi connectivity index (χ0v) is 18.6. The van der Waals surface area contributed by atoms with Gasteiger partial charge in [0.1, 0.15) is 17.8 Å². The maximum Gasteiger partial charge on any atom is 0.416 e. The van der Waals surface area contributed by atoms with Crippen molar-refractivity contribution in [2.75, 3.05) is 11.8 Å². The lowest BCUT2D eigenvalue weighted by Gasteiger charge is -2.34. The highest BCUT2D eigenvalue weighted by Crippen LogP contribution is 2.38. The van der Waals surface area contributed by atoms with Crippen LogP contribution in [0, 0.1) is 5.82 Å². The average Bonchev–Trinajstić information content (AvgIpc) is 3.17. The van der Waals surface area contributed by atoms with E-state index in [1.54, 1.807) is 32.2 Å². The minimum Gasteiger partial charge on any atom is -0.424 e. The van der Waals surface area contributed by atoms with Gasteiger partial charge in [0.15, 0.2) is 11.6 Å². The number of hydrogen-bond donors (Lipinski definition) is 2. The van der Waals surface area contributed by atoms with Crippen molar-refractivity contribution in [1.82, 2.24) is 29.4 Å². The number of anilines is 1. The lowest BCUT2D eigenvalue weighted by molar-refractivity contribution is 0.116. The number of aryl methyl sites for hydroxylation is 1. The number of fused-ring (bicyclic) bond motifs is 1. The maximum absolute atomic E-state index is 14.9. The normalized spacial score (nSPS) is 15.7. The average molecular weight is 477 g/mol. The highest BCUT2D eigenvalue weighted by Gasteiger charge is 2.33. The summed E-state index contributed by atoms with van der Waals surface area (Å²) in [5.74, 6) is -0.665. The Hall–Kier alpha value is -3.78. The summed E-state index contributed by atoms with van der Waals surface area (Å²) in [4.78, 5) is 21.7. The molecule has 1 atom stereocenters. The summed E-state index contributed by atoms with van der Waals surface area (Å²) in [5, 5.41) is 3.92. The molecule has 2 aromatic heterocycles. The second-order valence-electron chi connectivity index (χ2n) is 7.08. The van der Waals surface area contributed by atoms with Gasteiger partial charge in [-0.25, -0.2) is 23.6 Å². The van der Waals surface area contributed by atoms with E-state index in [0.717, 1.165) is 0 Å². The van der Waals surface area contributed by atoms with Crippen molar-refractivity contribution < 1.29 is 27.1 Å². The van der Waals surface area contributed by atoms with Crippen molar-refractivity contribution in [3.05, 3.63) is 53.7 Å². The standard InChI is InChI=1S/C19H20FN7O5S/c1-11-14-5-4-13(31-18-23-10-24-26(18)3)8-15(14)32-19(28)27(11)9-12-6-7-22-17(16(12)20)25-33(29,30)21-2/h4-8,10-11,21H,9H2,1-3H3,(H,22,25)/t11-/m0/s1. The fourth-order valence-corrected chi connectivity index (χ4v) is 3.71. The van der Waals surface area contributed by atoms with Crippen LogP contribution >= 0.6 is 0 Å². The van der Waals surface area contributed by atoms with Crippen molar-refractivity contribution >= 4 is 22.1 Å². The maximum atomic E-state index is 14.9. The molecule has 14 heteroatoms. The monoisotopic (exact) mass is 477 g/mol. The van der Waals surface area contributed by atoms with Crippen LogP contribution < -0.4 is 18.9 Å². The van der Waals surface area contributed by atoms with Gasteiger partial charge in [0.05, 0.1) is 12.6 Å². The number of ether oxygens (including phenoxy) is 2. The van der Waals surface area contributed by atoms with Crippen LogP contribution in [0.5, 0.6) is 17.5 Å². The second-order valence-corrected chi connectivity index (χ2v) is 8.70. The number of nitrogens with one attached hydrogen (secondary N) is 2. The molecular formula is C19H20FN7O5S. The molecule has 0 unspecified atom stereocenters. The highest BCUT2D eigenvalue weighted by atomic mass is 32.2. The summed E-state index contributed by atoms with van der Waals surface area (Å²) in [5.41, 5.74) is 0.749. The second kappa shape index (κ2) is 8.63. The summed E-state index contributed by atoms with van der Waals surface area (Å²) in [6.45, 7) is 1.60. The number of benzene rings is 1. The third kappa shape index (κ3) is 4.56. The molecule has 2 N–H and O–H groups in total. The van der Waals surface area contributed by atoms with Gasteiger partial charge in [-0.2, -0.15) is 18.5 Å². The summed E-state index contributed by atoms with van der Waals surface area (Å²) in [6.07, 6.45) is 1.90. The molecule has 33 heavy (non-hydrogen) atoms. The van der Waals surface area contributed by atoms with Crippen molar-refractivity contribution in [1.29, 1.82) is 0 Å². The van der Waals surface area contributed by atoms with Crippen LogP contribution in [-0.2, 0) is 23.8 Å². The van der Waals surface area contributed by atoms with Gasteiger partial charge in [-0.1, -0.05) is 0 Å². The Morgan fingerprint density at radius 3 is 2.76 bits per heavy atom. The number of carbonyl (C=O) groups excluding carboxylic acids is 1. The van der Waals surface area contributed by atoms with Gasteiger partial charge in [-0.15, -0.1) is 0 Å². The van der Waals surface area contributed by atoms with E-state index in [1.807, 2.05) is 9.44 Å². The highest BCUT2D eigenvalue weighted by molar-refractivity contribution is 7.90. The topological polar surface area (TPSA) is 141 Å². The summed E-state index contributed by atoms with van der Waals surface area (Å²) >= 11 is 0. The van der Waals surface area contributed by atoms with E-state index in [4.69, 9.17) is 9.47 Å². The lowest BCUT2D eigenvalue weighted by atomic mass is 10.0. The first-order valence-electron chi connectivity index (χ1n) is 9.67. The Kier molecular flexibility index (Phi) is 5.86. The number of pyridine rings is 1. The van der Waals surface area contributed by atoms with E-state index in [0.29, 0.717) is 17.1 Å². The first-order valence-corrected chi connectivity index (χ1v) is 11.2. The van der Waals surface area contributed by atoms with E-state index < -0.39 is 34.0 Å². The molecule has 12 nitrogen and oxygen atoms in total. The van der Waals surface area contributed by atoms with Crippen molar-refractivity contribution in [3.63, 3.8) is 0 Å². The summed E-state index contributed by atoms with van der Waals surface area (Å²) < 4.78 is 54.8. The Balaban J connectivity index is 1.56. The fourth-order valence-electron chi connectivity index (χ4n) is 3.21. The number of carbonyl (C=O) groups is 1. The molecule has 174 valence electrons. The Morgan fingerprint density at radius 2 is 2.06 bits per heavy atom. The van der Waals surface area contributed by atoms with Gasteiger partial charge in [0, 0.05) is 37.5 Å². The molecule has 1 amide bonds. The number of halogens is 1. The number of aromatic nitrogens is 4. The van der Waals surface area contributed by atoms with E-state index >= 15 is 0 Å². The Bertz CT molecular complexity index is 1310. The predicted molar refractivity (Wildman–Crippen MR) is 113 cm³/mol. The molecule has 0 spiro atoms. The minimum atomic E-state index is -3.96. The van der Waals surface area contributed by atoms with Crippen molar-refractivity contribution in [3.8, 4) is 17.5 Å². The van der Waals surface area contributed by atoms with Crippen LogP contribution in [0.15, 0.2) is 36.8 Å². The minimum absolute atomic E-state index is 0.0632. The van der Waals surface area contributed by atoms with Gasteiger partial charge in [0.25, 0.3) is 10.2 Å². The third-order valence-corrected chi connectivity index (χ3v) is 6.02. The molecule has 3 aromatic rings. The van der Waals surface area contributed by atoms with Crippen LogP contribution in [0.25, 0.3) is 0 Å². The van der Waals surface area contributed by atoms with Crippen LogP contribution in [0.4, 0.5) is 15.0 Å². The largest absolute Gasteiger partial charge is 0.424 e. The number of amides is 1. The number of nitrogens with zero attached hydrogens (tertiary/aromatic N) is 5. The molecule has 1 aliphatic heterocycles. The van der Waals surface area contributed by atoms with Crippen molar-refractivity contribution in [2.45, 2.75) is 19.5 Å². The molecule has 0 fully saturated rings. The third-order valence-electron chi connectivity index (χ3n) is 5.02. The van der Waals surface area contributed by atoms with Crippen LogP contribution in [0.1, 0.15) is 24.1 Å². The van der Waals surface area contributed by atoms with Crippen LogP contribution in [0.3, 0.4) is 0 Å². The Morgan fingerprint density at radius 1 is 1.27 bits per heavy atom. The molecule has 1 aromatic carbocycles. The van der Waals surface area contributed by atoms with Crippen LogP contribution in [0.2, 0.25) is 0 Å². The molecule has 0 saturated carbocycles. The van der Waals surface area contributed by atoms with Crippen molar-refractivity contribution in [2.24, 2.45) is 7.05 Å². The molecule has 0 radical (unpaired) electrons. The predicted octanol–water partition coefficient (Wildman–Crippen LogP) is 2.09. The summed E-state index contributed by atoms with van der Waals surface area (Å²) in [6, 6.07) is 6.16. The van der Waals surface area contributed by atoms with Gasteiger partial charge in [-0.05, 0) is 25.1 Å². The van der Waals surface area contributed by atoms with E-state index in [2.05, 4.69) is 15.1 Å². The van der Waals surface area contributed by atoms with Gasteiger partial charge in [0.2, 0.25) is 0 Å².